The summed E-state index contributed by atoms with van der Waals surface area (Å²) in [5.74, 6) is 0.440. The van der Waals surface area contributed by atoms with Crippen molar-refractivity contribution in [2.45, 2.75) is 44.3 Å². The van der Waals surface area contributed by atoms with Crippen molar-refractivity contribution < 1.29 is 18.4 Å². The second kappa shape index (κ2) is 6.12. The summed E-state index contributed by atoms with van der Waals surface area (Å²) in [5, 5.41) is 9.71. The molecule has 1 saturated carbocycles. The lowest BCUT2D eigenvalue weighted by atomic mass is 9.85. The van der Waals surface area contributed by atoms with E-state index in [0.29, 0.717) is 5.92 Å². The Hall–Kier alpha value is 0.0569. The van der Waals surface area contributed by atoms with Gasteiger partial charge in [-0.25, -0.2) is 0 Å². The first-order valence-electron chi connectivity index (χ1n) is 5.93. The standard InChI is InChI=1S/C11H24O4Si/c1-9(16(13-2,14-3)15-4)10-6-5-7-11(12)8-10/h9-12H,5-8H2,1-4H3. The second-order valence-electron chi connectivity index (χ2n) is 4.59. The van der Waals surface area contributed by atoms with Gasteiger partial charge in [0, 0.05) is 26.9 Å². The van der Waals surface area contributed by atoms with E-state index in [2.05, 4.69) is 6.92 Å². The second-order valence-corrected chi connectivity index (χ2v) is 7.93. The van der Waals surface area contributed by atoms with Gasteiger partial charge in [-0.2, -0.15) is 0 Å². The Morgan fingerprint density at radius 1 is 1.12 bits per heavy atom. The summed E-state index contributed by atoms with van der Waals surface area (Å²) in [5.41, 5.74) is 0.238. The fourth-order valence-corrected chi connectivity index (χ4v) is 5.25. The van der Waals surface area contributed by atoms with Crippen LogP contribution in [0, 0.1) is 5.92 Å². The van der Waals surface area contributed by atoms with Gasteiger partial charge < -0.3 is 18.4 Å². The lowest BCUT2D eigenvalue weighted by molar-refractivity contribution is 0.0692. The van der Waals surface area contributed by atoms with Crippen LogP contribution in [0.4, 0.5) is 0 Å². The maximum Gasteiger partial charge on any atom is 0.503 e. The quantitative estimate of drug-likeness (QED) is 0.754. The van der Waals surface area contributed by atoms with Crippen LogP contribution in [0.3, 0.4) is 0 Å². The summed E-state index contributed by atoms with van der Waals surface area (Å²) in [6.45, 7) is 2.12. The minimum atomic E-state index is -2.55. The van der Waals surface area contributed by atoms with E-state index in [1.54, 1.807) is 21.3 Å². The molecule has 3 unspecified atom stereocenters. The zero-order valence-electron chi connectivity index (χ0n) is 10.7. The molecule has 4 nitrogen and oxygen atoms in total. The number of aliphatic hydroxyl groups is 1. The molecule has 0 aromatic heterocycles. The Bertz CT molecular complexity index is 200. The van der Waals surface area contributed by atoms with Crippen LogP contribution >= 0.6 is 0 Å². The largest absolute Gasteiger partial charge is 0.503 e. The molecule has 0 heterocycles. The van der Waals surface area contributed by atoms with E-state index in [-0.39, 0.29) is 11.6 Å². The summed E-state index contributed by atoms with van der Waals surface area (Å²) in [6.07, 6.45) is 3.80. The van der Waals surface area contributed by atoms with E-state index < -0.39 is 8.80 Å². The Morgan fingerprint density at radius 3 is 2.12 bits per heavy atom. The average molecular weight is 248 g/mol. The maximum atomic E-state index is 9.71. The van der Waals surface area contributed by atoms with E-state index in [1.165, 1.54) is 0 Å². The molecule has 0 bridgehead atoms. The van der Waals surface area contributed by atoms with Crippen LogP contribution in [0.5, 0.6) is 0 Å². The number of hydrogen-bond donors (Lipinski definition) is 1. The molecule has 1 aliphatic rings. The van der Waals surface area contributed by atoms with Crippen LogP contribution in [0.25, 0.3) is 0 Å². The third kappa shape index (κ3) is 2.84. The first-order chi connectivity index (χ1) is 7.59. The molecule has 1 rings (SSSR count). The molecule has 3 atom stereocenters. The Morgan fingerprint density at radius 2 is 1.69 bits per heavy atom. The molecular formula is C11H24O4Si. The molecule has 0 saturated heterocycles. The van der Waals surface area contributed by atoms with Gasteiger partial charge in [-0.15, -0.1) is 0 Å². The molecule has 16 heavy (non-hydrogen) atoms. The third-order valence-electron chi connectivity index (χ3n) is 3.81. The van der Waals surface area contributed by atoms with E-state index in [1.807, 2.05) is 0 Å². The Balaban J connectivity index is 2.69. The third-order valence-corrected chi connectivity index (χ3v) is 7.10. The lowest BCUT2D eigenvalue weighted by Crippen LogP contribution is -2.49. The topological polar surface area (TPSA) is 47.9 Å². The van der Waals surface area contributed by atoms with Crippen molar-refractivity contribution in [1.82, 2.24) is 0 Å². The van der Waals surface area contributed by atoms with Crippen LogP contribution in [0.2, 0.25) is 5.54 Å². The molecule has 0 aromatic rings. The van der Waals surface area contributed by atoms with Gasteiger partial charge in [0.05, 0.1) is 6.10 Å². The van der Waals surface area contributed by atoms with Crippen LogP contribution in [-0.4, -0.2) is 41.3 Å². The zero-order valence-corrected chi connectivity index (χ0v) is 11.7. The van der Waals surface area contributed by atoms with Crippen molar-refractivity contribution in [3.05, 3.63) is 0 Å². The molecule has 0 aliphatic heterocycles. The summed E-state index contributed by atoms with van der Waals surface area (Å²) in [6, 6.07) is 0. The van der Waals surface area contributed by atoms with Crippen molar-refractivity contribution in [3.8, 4) is 0 Å². The van der Waals surface area contributed by atoms with Crippen LogP contribution in [0.15, 0.2) is 0 Å². The van der Waals surface area contributed by atoms with Gasteiger partial charge >= 0.3 is 8.80 Å². The smallest absolute Gasteiger partial charge is 0.393 e. The van der Waals surface area contributed by atoms with Gasteiger partial charge in [0.25, 0.3) is 0 Å². The first kappa shape index (κ1) is 14.1. The van der Waals surface area contributed by atoms with E-state index in [0.717, 1.165) is 25.7 Å². The zero-order chi connectivity index (χ0) is 12.2. The summed E-state index contributed by atoms with van der Waals surface area (Å²) in [7, 11) is 2.39. The highest BCUT2D eigenvalue weighted by Crippen LogP contribution is 2.39. The molecule has 1 fully saturated rings. The molecule has 1 aliphatic carbocycles. The summed E-state index contributed by atoms with van der Waals surface area (Å²) >= 11 is 0. The highest BCUT2D eigenvalue weighted by atomic mass is 28.4. The molecule has 1 N–H and O–H groups in total. The minimum Gasteiger partial charge on any atom is -0.393 e. The molecule has 0 spiro atoms. The average Bonchev–Trinajstić information content (AvgIpc) is 2.32. The van der Waals surface area contributed by atoms with Crippen molar-refractivity contribution in [3.63, 3.8) is 0 Å². The van der Waals surface area contributed by atoms with Crippen molar-refractivity contribution >= 4 is 8.80 Å². The predicted octanol–water partition coefficient (Wildman–Crippen LogP) is 1.81. The molecule has 0 radical (unpaired) electrons. The van der Waals surface area contributed by atoms with Crippen molar-refractivity contribution in [2.24, 2.45) is 5.92 Å². The van der Waals surface area contributed by atoms with E-state index in [9.17, 15) is 5.11 Å². The van der Waals surface area contributed by atoms with Crippen LogP contribution in [-0.2, 0) is 13.3 Å². The fourth-order valence-electron chi connectivity index (χ4n) is 2.75. The highest BCUT2D eigenvalue weighted by Gasteiger charge is 2.48. The highest BCUT2D eigenvalue weighted by molar-refractivity contribution is 6.62. The van der Waals surface area contributed by atoms with Gasteiger partial charge in [0.15, 0.2) is 0 Å². The number of hydrogen-bond acceptors (Lipinski definition) is 4. The first-order valence-corrected chi connectivity index (χ1v) is 7.73. The van der Waals surface area contributed by atoms with E-state index >= 15 is 0 Å². The normalized spacial score (nSPS) is 29.1. The summed E-state index contributed by atoms with van der Waals surface area (Å²) < 4.78 is 16.5. The molecule has 0 aromatic carbocycles. The monoisotopic (exact) mass is 248 g/mol. The maximum absolute atomic E-state index is 9.71. The van der Waals surface area contributed by atoms with Gasteiger partial charge in [-0.05, 0) is 18.8 Å². The summed E-state index contributed by atoms with van der Waals surface area (Å²) in [4.78, 5) is 0. The lowest BCUT2D eigenvalue weighted by Gasteiger charge is -2.37. The fraction of sp³-hybridized carbons (Fsp3) is 1.00. The molecular weight excluding hydrogens is 224 g/mol. The molecule has 0 amide bonds. The molecule has 5 heteroatoms. The van der Waals surface area contributed by atoms with Crippen molar-refractivity contribution in [1.29, 1.82) is 0 Å². The van der Waals surface area contributed by atoms with Crippen molar-refractivity contribution in [2.75, 3.05) is 21.3 Å². The Kier molecular flexibility index (Phi) is 5.40. The van der Waals surface area contributed by atoms with Gasteiger partial charge in [0.2, 0.25) is 0 Å². The van der Waals surface area contributed by atoms with Gasteiger partial charge in [-0.3, -0.25) is 0 Å². The number of aliphatic hydroxyl groups excluding tert-OH is 1. The SMILES string of the molecule is CO[Si](OC)(OC)C(C)C1CCCC(O)C1. The van der Waals surface area contributed by atoms with Gasteiger partial charge in [0.1, 0.15) is 0 Å². The van der Waals surface area contributed by atoms with Gasteiger partial charge in [-0.1, -0.05) is 19.8 Å². The predicted molar refractivity (Wildman–Crippen MR) is 64.2 cm³/mol. The number of rotatable bonds is 5. The Labute approximate surface area is 99.3 Å². The molecule has 96 valence electrons. The van der Waals surface area contributed by atoms with E-state index in [4.69, 9.17) is 13.3 Å². The van der Waals surface area contributed by atoms with Crippen LogP contribution in [0.1, 0.15) is 32.6 Å². The van der Waals surface area contributed by atoms with Crippen LogP contribution < -0.4 is 0 Å². The minimum absolute atomic E-state index is 0.168.